The highest BCUT2D eigenvalue weighted by Crippen LogP contribution is 2.33. The molecule has 0 saturated carbocycles. The van der Waals surface area contributed by atoms with Crippen molar-refractivity contribution in [1.29, 1.82) is 0 Å². The van der Waals surface area contributed by atoms with Crippen molar-refractivity contribution in [2.45, 2.75) is 57.8 Å². The number of nitrogens with two attached hydrogens (primary N) is 1. The predicted molar refractivity (Wildman–Crippen MR) is 77.0 cm³/mol. The minimum Gasteiger partial charge on any atom is -0.353 e. The fraction of sp³-hybridized carbons (Fsp3) is 0.667. The lowest BCUT2D eigenvalue weighted by Crippen LogP contribution is -2.41. The number of hydrogen-bond acceptors (Lipinski definition) is 3. The minimum absolute atomic E-state index is 0.204. The number of alkyl halides is 3. The first kappa shape index (κ1) is 16.1. The van der Waals surface area contributed by atoms with Crippen molar-refractivity contribution in [3.8, 4) is 0 Å². The zero-order valence-electron chi connectivity index (χ0n) is 12.3. The molecule has 2 heterocycles. The Morgan fingerprint density at radius 3 is 2.71 bits per heavy atom. The minimum atomic E-state index is -4.42. The number of halogens is 3. The van der Waals surface area contributed by atoms with E-state index in [1.54, 1.807) is 0 Å². The van der Waals surface area contributed by atoms with E-state index in [-0.39, 0.29) is 12.6 Å². The topological polar surface area (TPSA) is 42.2 Å². The summed E-state index contributed by atoms with van der Waals surface area (Å²) in [6, 6.07) is 2.75. The van der Waals surface area contributed by atoms with Crippen LogP contribution in [0.1, 0.15) is 50.3 Å². The van der Waals surface area contributed by atoms with Gasteiger partial charge in [0.2, 0.25) is 0 Å². The van der Waals surface area contributed by atoms with Crippen molar-refractivity contribution in [1.82, 2.24) is 4.98 Å². The van der Waals surface area contributed by atoms with Crippen LogP contribution in [0.3, 0.4) is 0 Å². The largest absolute Gasteiger partial charge is 0.433 e. The molecule has 1 aromatic heterocycles. The highest BCUT2D eigenvalue weighted by Gasteiger charge is 2.34. The smallest absolute Gasteiger partial charge is 0.353 e. The normalized spacial score (nSPS) is 19.9. The molecule has 1 saturated heterocycles. The molecule has 0 aromatic carbocycles. The van der Waals surface area contributed by atoms with Crippen LogP contribution in [0.5, 0.6) is 0 Å². The highest BCUT2D eigenvalue weighted by atomic mass is 19.4. The van der Waals surface area contributed by atoms with E-state index >= 15 is 0 Å². The van der Waals surface area contributed by atoms with Gasteiger partial charge in [0, 0.05) is 24.7 Å². The fourth-order valence-corrected chi connectivity index (χ4v) is 2.96. The van der Waals surface area contributed by atoms with Crippen LogP contribution in [-0.2, 0) is 12.7 Å². The maximum atomic E-state index is 12.9. The van der Waals surface area contributed by atoms with E-state index in [1.165, 1.54) is 6.07 Å². The molecule has 1 aliphatic rings. The zero-order valence-corrected chi connectivity index (χ0v) is 12.3. The third kappa shape index (κ3) is 3.67. The van der Waals surface area contributed by atoms with E-state index < -0.39 is 11.9 Å². The lowest BCUT2D eigenvalue weighted by atomic mass is 9.97. The number of anilines is 1. The molecule has 21 heavy (non-hydrogen) atoms. The van der Waals surface area contributed by atoms with Gasteiger partial charge < -0.3 is 10.6 Å². The molecule has 2 rings (SSSR count). The summed E-state index contributed by atoms with van der Waals surface area (Å²) in [4.78, 5) is 5.92. The van der Waals surface area contributed by atoms with E-state index in [1.807, 2.05) is 4.90 Å². The summed E-state index contributed by atoms with van der Waals surface area (Å²) in [6.45, 7) is 3.05. The number of pyridine rings is 1. The molecule has 1 fully saturated rings. The van der Waals surface area contributed by atoms with Gasteiger partial charge in [-0.15, -0.1) is 0 Å². The first-order valence-electron chi connectivity index (χ1n) is 7.51. The second-order valence-electron chi connectivity index (χ2n) is 5.51. The van der Waals surface area contributed by atoms with Gasteiger partial charge in [0.1, 0.15) is 11.5 Å². The van der Waals surface area contributed by atoms with Crippen LogP contribution in [0, 0.1) is 0 Å². The molecule has 0 spiro atoms. The third-order valence-electron chi connectivity index (χ3n) is 3.99. The van der Waals surface area contributed by atoms with Crippen LogP contribution >= 0.6 is 0 Å². The first-order valence-corrected chi connectivity index (χ1v) is 7.51. The van der Waals surface area contributed by atoms with E-state index in [9.17, 15) is 13.2 Å². The molecule has 0 radical (unpaired) electrons. The van der Waals surface area contributed by atoms with Gasteiger partial charge in [0.15, 0.2) is 0 Å². The van der Waals surface area contributed by atoms with Crippen LogP contribution in [0.2, 0.25) is 0 Å². The van der Waals surface area contributed by atoms with Gasteiger partial charge in [-0.05, 0) is 31.7 Å². The number of nitrogens with zero attached hydrogens (tertiary/aromatic N) is 2. The van der Waals surface area contributed by atoms with Crippen molar-refractivity contribution in [2.24, 2.45) is 5.73 Å². The van der Waals surface area contributed by atoms with Crippen LogP contribution in [-0.4, -0.2) is 17.6 Å². The van der Waals surface area contributed by atoms with E-state index in [4.69, 9.17) is 5.73 Å². The number of hydrogen-bond donors (Lipinski definition) is 1. The Kier molecular flexibility index (Phi) is 5.08. The van der Waals surface area contributed by atoms with Crippen molar-refractivity contribution in [2.75, 3.05) is 11.4 Å². The Hall–Kier alpha value is -1.30. The third-order valence-corrected chi connectivity index (χ3v) is 3.99. The van der Waals surface area contributed by atoms with Gasteiger partial charge in [0.25, 0.3) is 0 Å². The Balaban J connectivity index is 2.39. The molecule has 0 aliphatic carbocycles. The molecule has 3 nitrogen and oxygen atoms in total. The molecule has 2 N–H and O–H groups in total. The number of aromatic nitrogens is 1. The molecule has 1 atom stereocenters. The number of piperidine rings is 1. The first-order chi connectivity index (χ1) is 9.97. The van der Waals surface area contributed by atoms with Gasteiger partial charge in [-0.3, -0.25) is 0 Å². The van der Waals surface area contributed by atoms with Crippen LogP contribution in [0.25, 0.3) is 0 Å². The van der Waals surface area contributed by atoms with E-state index in [2.05, 4.69) is 11.9 Å². The second kappa shape index (κ2) is 6.64. The summed E-state index contributed by atoms with van der Waals surface area (Å²) in [7, 11) is 0. The van der Waals surface area contributed by atoms with Gasteiger partial charge in [0.05, 0.1) is 0 Å². The zero-order chi connectivity index (χ0) is 15.5. The molecule has 1 aromatic rings. The maximum Gasteiger partial charge on any atom is 0.433 e. The average Bonchev–Trinajstić information content (AvgIpc) is 2.46. The fourth-order valence-electron chi connectivity index (χ4n) is 2.96. The molecule has 1 aliphatic heterocycles. The predicted octanol–water partition coefficient (Wildman–Crippen LogP) is 3.72. The van der Waals surface area contributed by atoms with Gasteiger partial charge >= 0.3 is 6.18 Å². The van der Waals surface area contributed by atoms with Crippen LogP contribution < -0.4 is 10.6 Å². The summed E-state index contributed by atoms with van der Waals surface area (Å²) in [6.07, 6.45) is 0.688. The van der Waals surface area contributed by atoms with Crippen molar-refractivity contribution < 1.29 is 13.2 Å². The molecule has 118 valence electrons. The van der Waals surface area contributed by atoms with Crippen LogP contribution in [0.15, 0.2) is 12.1 Å². The van der Waals surface area contributed by atoms with E-state index in [0.717, 1.165) is 44.7 Å². The van der Waals surface area contributed by atoms with Gasteiger partial charge in [-0.25, -0.2) is 4.98 Å². The SMILES string of the molecule is CCCC1CCCCN1c1nc(C(F)(F)F)ccc1CN. The second-order valence-corrected chi connectivity index (χ2v) is 5.51. The highest BCUT2D eigenvalue weighted by molar-refractivity contribution is 5.49. The Bertz CT molecular complexity index is 472. The summed E-state index contributed by atoms with van der Waals surface area (Å²) >= 11 is 0. The van der Waals surface area contributed by atoms with Gasteiger partial charge in [-0.1, -0.05) is 19.4 Å². The monoisotopic (exact) mass is 301 g/mol. The van der Waals surface area contributed by atoms with Crippen molar-refractivity contribution >= 4 is 5.82 Å². The molecule has 0 bridgehead atoms. The summed E-state index contributed by atoms with van der Waals surface area (Å²) in [5, 5.41) is 0. The molecule has 0 amide bonds. The average molecular weight is 301 g/mol. The van der Waals surface area contributed by atoms with Crippen LogP contribution in [0.4, 0.5) is 19.0 Å². The summed E-state index contributed by atoms with van der Waals surface area (Å²) in [5.41, 5.74) is 5.54. The molecular formula is C15H22F3N3. The maximum absolute atomic E-state index is 12.9. The Morgan fingerprint density at radius 1 is 1.33 bits per heavy atom. The van der Waals surface area contributed by atoms with Gasteiger partial charge in [-0.2, -0.15) is 13.2 Å². The molecular weight excluding hydrogens is 279 g/mol. The molecule has 6 heteroatoms. The summed E-state index contributed by atoms with van der Waals surface area (Å²) in [5.74, 6) is 0.422. The lowest BCUT2D eigenvalue weighted by molar-refractivity contribution is -0.141. The molecule has 1 unspecified atom stereocenters. The quantitative estimate of drug-likeness (QED) is 0.921. The number of rotatable bonds is 4. The standard InChI is InChI=1S/C15H22F3N3/c1-2-5-12-6-3-4-9-21(12)14-11(10-19)7-8-13(20-14)15(16,17)18/h7-8,12H,2-6,9-10,19H2,1H3. The lowest BCUT2D eigenvalue weighted by Gasteiger charge is -2.38. The Labute approximate surface area is 123 Å². The Morgan fingerprint density at radius 2 is 2.10 bits per heavy atom. The van der Waals surface area contributed by atoms with E-state index in [0.29, 0.717) is 11.4 Å². The van der Waals surface area contributed by atoms with Crippen molar-refractivity contribution in [3.63, 3.8) is 0 Å². The summed E-state index contributed by atoms with van der Waals surface area (Å²) < 4.78 is 38.7. The van der Waals surface area contributed by atoms with Crippen molar-refractivity contribution in [3.05, 3.63) is 23.4 Å².